The average molecular weight is 622 g/mol. The molecule has 0 radical (unpaired) electrons. The second kappa shape index (κ2) is 36.6. The highest BCUT2D eigenvalue weighted by molar-refractivity contribution is 5.76. The Labute approximate surface area is 276 Å². The normalized spacial score (nSPS) is 13.1. The van der Waals surface area contributed by atoms with Gasteiger partial charge in [0.15, 0.2) is 0 Å². The third kappa shape index (κ3) is 32.5. The molecule has 4 heteroatoms. The van der Waals surface area contributed by atoms with Crippen molar-refractivity contribution in [2.45, 2.75) is 231 Å². The summed E-state index contributed by atoms with van der Waals surface area (Å²) in [6, 6.07) is -0.533. The van der Waals surface area contributed by atoms with Gasteiger partial charge in [-0.1, -0.05) is 187 Å². The van der Waals surface area contributed by atoms with Gasteiger partial charge in [0.2, 0.25) is 5.91 Å². The van der Waals surface area contributed by atoms with Crippen LogP contribution in [-0.4, -0.2) is 34.9 Å². The van der Waals surface area contributed by atoms with Gasteiger partial charge < -0.3 is 15.5 Å². The highest BCUT2D eigenvalue weighted by atomic mass is 16.3. The molecule has 262 valence electrons. The Morgan fingerprint density at radius 2 is 0.864 bits per heavy atom. The standard InChI is InChI=1S/C40H79NO3/c1-3-5-7-9-11-13-15-16-17-18-19-20-21-22-23-24-26-28-30-32-34-36-40(44)41-38(37-42)39(43)35-33-31-29-27-25-14-12-10-8-6-4-2/h20-21,38-39,42-43H,3-19,22-37H2,1-2H3,(H,41,44)/b21-20-. The van der Waals surface area contributed by atoms with E-state index >= 15 is 0 Å². The van der Waals surface area contributed by atoms with Gasteiger partial charge in [0.25, 0.3) is 0 Å². The molecule has 0 saturated heterocycles. The van der Waals surface area contributed by atoms with Crippen LogP contribution in [0.2, 0.25) is 0 Å². The number of amides is 1. The smallest absolute Gasteiger partial charge is 0.220 e. The highest BCUT2D eigenvalue weighted by Gasteiger charge is 2.19. The Balaban J connectivity index is 3.50. The summed E-state index contributed by atoms with van der Waals surface area (Å²) in [6.45, 7) is 4.35. The molecule has 0 rings (SSSR count). The SMILES string of the molecule is CCCCCCCCCCCC/C=C\CCCCCCCCCC(=O)NC(CO)C(O)CCCCCCCCCCCCC. The number of hydrogen-bond donors (Lipinski definition) is 3. The zero-order valence-corrected chi connectivity index (χ0v) is 29.9. The van der Waals surface area contributed by atoms with Crippen LogP contribution in [-0.2, 0) is 4.79 Å². The van der Waals surface area contributed by atoms with Gasteiger partial charge in [-0.3, -0.25) is 4.79 Å². The number of hydrogen-bond acceptors (Lipinski definition) is 3. The molecule has 0 aromatic carbocycles. The molecule has 2 unspecified atom stereocenters. The molecular formula is C40H79NO3. The summed E-state index contributed by atoms with van der Waals surface area (Å²) in [4.78, 5) is 12.3. The highest BCUT2D eigenvalue weighted by Crippen LogP contribution is 2.15. The molecule has 2 atom stereocenters. The summed E-state index contributed by atoms with van der Waals surface area (Å²) in [5.41, 5.74) is 0. The van der Waals surface area contributed by atoms with Crippen molar-refractivity contribution in [2.75, 3.05) is 6.61 Å². The Kier molecular flexibility index (Phi) is 35.9. The van der Waals surface area contributed by atoms with Crippen molar-refractivity contribution in [3.63, 3.8) is 0 Å². The summed E-state index contributed by atoms with van der Waals surface area (Å²) in [5.74, 6) is -0.0355. The number of carbonyl (C=O) groups is 1. The maximum atomic E-state index is 12.3. The van der Waals surface area contributed by atoms with E-state index in [4.69, 9.17) is 0 Å². The fourth-order valence-corrected chi connectivity index (χ4v) is 6.18. The predicted molar refractivity (Wildman–Crippen MR) is 193 cm³/mol. The van der Waals surface area contributed by atoms with Crippen LogP contribution < -0.4 is 5.32 Å². The van der Waals surface area contributed by atoms with E-state index in [1.54, 1.807) is 0 Å². The minimum absolute atomic E-state index is 0.0355. The van der Waals surface area contributed by atoms with Crippen LogP contribution in [0.3, 0.4) is 0 Å². The van der Waals surface area contributed by atoms with Gasteiger partial charge in [0, 0.05) is 6.42 Å². The first kappa shape index (κ1) is 43.1. The summed E-state index contributed by atoms with van der Waals surface area (Å²) in [5, 5.41) is 23.0. The predicted octanol–water partition coefficient (Wildman–Crippen LogP) is 11.9. The Bertz CT molecular complexity index is 593. The van der Waals surface area contributed by atoms with Gasteiger partial charge in [0.05, 0.1) is 18.8 Å². The summed E-state index contributed by atoms with van der Waals surface area (Å²) in [7, 11) is 0. The molecule has 0 aromatic heterocycles. The minimum atomic E-state index is -0.655. The molecule has 0 fully saturated rings. The van der Waals surface area contributed by atoms with E-state index in [9.17, 15) is 15.0 Å². The Hall–Kier alpha value is -0.870. The summed E-state index contributed by atoms with van der Waals surface area (Å²) in [6.07, 6.45) is 44.2. The van der Waals surface area contributed by atoms with Gasteiger partial charge in [-0.2, -0.15) is 0 Å². The van der Waals surface area contributed by atoms with Gasteiger partial charge in [-0.25, -0.2) is 0 Å². The molecule has 0 aliphatic heterocycles. The summed E-state index contributed by atoms with van der Waals surface area (Å²) >= 11 is 0. The molecule has 0 saturated carbocycles. The topological polar surface area (TPSA) is 69.6 Å². The van der Waals surface area contributed by atoms with Crippen molar-refractivity contribution in [2.24, 2.45) is 0 Å². The van der Waals surface area contributed by atoms with E-state index in [0.29, 0.717) is 12.8 Å². The fourth-order valence-electron chi connectivity index (χ4n) is 6.18. The molecule has 0 aromatic rings. The molecule has 0 heterocycles. The van der Waals surface area contributed by atoms with Gasteiger partial charge in [-0.15, -0.1) is 0 Å². The molecular weight excluding hydrogens is 542 g/mol. The Morgan fingerprint density at radius 3 is 1.25 bits per heavy atom. The second-order valence-corrected chi connectivity index (χ2v) is 13.7. The third-order valence-electron chi connectivity index (χ3n) is 9.28. The Morgan fingerprint density at radius 1 is 0.523 bits per heavy atom. The number of aliphatic hydroxyl groups excluding tert-OH is 2. The molecule has 0 bridgehead atoms. The quantitative estimate of drug-likeness (QED) is 0.0481. The van der Waals surface area contributed by atoms with Crippen LogP contribution >= 0.6 is 0 Å². The van der Waals surface area contributed by atoms with Crippen molar-refractivity contribution in [1.29, 1.82) is 0 Å². The van der Waals surface area contributed by atoms with Crippen molar-refractivity contribution in [3.05, 3.63) is 12.2 Å². The van der Waals surface area contributed by atoms with E-state index in [2.05, 4.69) is 31.3 Å². The first-order chi connectivity index (χ1) is 21.7. The number of unbranched alkanes of at least 4 members (excludes halogenated alkanes) is 27. The average Bonchev–Trinajstić information content (AvgIpc) is 3.03. The van der Waals surface area contributed by atoms with E-state index in [-0.39, 0.29) is 12.5 Å². The molecule has 0 aliphatic carbocycles. The molecule has 1 amide bonds. The number of nitrogens with one attached hydrogen (secondary N) is 1. The zero-order valence-electron chi connectivity index (χ0n) is 29.9. The molecule has 44 heavy (non-hydrogen) atoms. The van der Waals surface area contributed by atoms with Crippen LogP contribution in [0.15, 0.2) is 12.2 Å². The van der Waals surface area contributed by atoms with Crippen LogP contribution in [0.1, 0.15) is 219 Å². The van der Waals surface area contributed by atoms with Crippen LogP contribution in [0.4, 0.5) is 0 Å². The maximum Gasteiger partial charge on any atom is 0.220 e. The molecule has 3 N–H and O–H groups in total. The number of rotatable bonds is 36. The first-order valence-corrected chi connectivity index (χ1v) is 19.9. The number of allylic oxidation sites excluding steroid dienone is 2. The molecule has 0 aliphatic rings. The minimum Gasteiger partial charge on any atom is -0.394 e. The molecule has 4 nitrogen and oxygen atoms in total. The van der Waals surface area contributed by atoms with Crippen molar-refractivity contribution < 1.29 is 15.0 Å². The van der Waals surface area contributed by atoms with Crippen LogP contribution in [0.5, 0.6) is 0 Å². The number of aliphatic hydroxyl groups is 2. The summed E-state index contributed by atoms with van der Waals surface area (Å²) < 4.78 is 0. The van der Waals surface area contributed by atoms with E-state index in [1.165, 1.54) is 167 Å². The van der Waals surface area contributed by atoms with Gasteiger partial charge in [-0.05, 0) is 38.5 Å². The van der Waals surface area contributed by atoms with Crippen LogP contribution in [0.25, 0.3) is 0 Å². The lowest BCUT2D eigenvalue weighted by Crippen LogP contribution is -2.45. The van der Waals surface area contributed by atoms with E-state index < -0.39 is 12.1 Å². The zero-order chi connectivity index (χ0) is 32.2. The monoisotopic (exact) mass is 622 g/mol. The number of carbonyl (C=O) groups excluding carboxylic acids is 1. The van der Waals surface area contributed by atoms with Crippen molar-refractivity contribution in [3.8, 4) is 0 Å². The van der Waals surface area contributed by atoms with E-state index in [1.807, 2.05) is 0 Å². The lowest BCUT2D eigenvalue weighted by Gasteiger charge is -2.22. The lowest BCUT2D eigenvalue weighted by atomic mass is 10.0. The van der Waals surface area contributed by atoms with Crippen LogP contribution in [0, 0.1) is 0 Å². The maximum absolute atomic E-state index is 12.3. The van der Waals surface area contributed by atoms with Gasteiger partial charge >= 0.3 is 0 Å². The lowest BCUT2D eigenvalue weighted by molar-refractivity contribution is -0.123. The third-order valence-corrected chi connectivity index (χ3v) is 9.28. The van der Waals surface area contributed by atoms with E-state index in [0.717, 1.165) is 25.7 Å². The van der Waals surface area contributed by atoms with Crippen molar-refractivity contribution >= 4 is 5.91 Å². The first-order valence-electron chi connectivity index (χ1n) is 19.9. The molecule has 0 spiro atoms. The van der Waals surface area contributed by atoms with Crippen molar-refractivity contribution in [1.82, 2.24) is 5.32 Å². The second-order valence-electron chi connectivity index (χ2n) is 13.7. The largest absolute Gasteiger partial charge is 0.394 e. The fraction of sp³-hybridized carbons (Fsp3) is 0.925. The van der Waals surface area contributed by atoms with Gasteiger partial charge in [0.1, 0.15) is 0 Å².